The van der Waals surface area contributed by atoms with Crippen LogP contribution < -0.4 is 9.47 Å². The Morgan fingerprint density at radius 3 is 2.37 bits per heavy atom. The van der Waals surface area contributed by atoms with E-state index in [0.29, 0.717) is 11.5 Å². The lowest BCUT2D eigenvalue weighted by Crippen LogP contribution is -2.38. The lowest BCUT2D eigenvalue weighted by molar-refractivity contribution is -0.164. The molecule has 0 bridgehead atoms. The number of ether oxygens (including phenoxy) is 3. The normalized spacial score (nSPS) is 15.7. The second-order valence-electron chi connectivity index (χ2n) is 11.2. The summed E-state index contributed by atoms with van der Waals surface area (Å²) in [5.41, 5.74) is 1.46. The van der Waals surface area contributed by atoms with Gasteiger partial charge >= 0.3 is 5.97 Å². The number of methoxy groups -OCH3 is 2. The van der Waals surface area contributed by atoms with Crippen LogP contribution in [0.4, 0.5) is 4.39 Å². The van der Waals surface area contributed by atoms with Gasteiger partial charge in [0.25, 0.3) is 0 Å². The van der Waals surface area contributed by atoms with Crippen LogP contribution >= 0.6 is 0 Å². The average molecular weight is 528 g/mol. The molecule has 2 aromatic carbocycles. The van der Waals surface area contributed by atoms with Gasteiger partial charge in [0.15, 0.2) is 11.5 Å². The van der Waals surface area contributed by atoms with Gasteiger partial charge in [-0.05, 0) is 76.4 Å². The maximum absolute atomic E-state index is 13.5. The second kappa shape index (κ2) is 14.5. The molecule has 1 fully saturated rings. The van der Waals surface area contributed by atoms with E-state index in [1.807, 2.05) is 44.2 Å². The molecule has 3 rings (SSSR count). The van der Waals surface area contributed by atoms with Crippen molar-refractivity contribution >= 4 is 5.97 Å². The number of hydrogen-bond donors (Lipinski definition) is 0. The molecule has 2 aromatic rings. The van der Waals surface area contributed by atoms with Crippen LogP contribution in [-0.4, -0.2) is 44.7 Å². The molecule has 1 heterocycles. The van der Waals surface area contributed by atoms with Crippen molar-refractivity contribution in [3.63, 3.8) is 0 Å². The molecule has 1 saturated heterocycles. The van der Waals surface area contributed by atoms with E-state index in [4.69, 9.17) is 14.2 Å². The first-order valence-corrected chi connectivity index (χ1v) is 14.2. The number of carbonyl (C=O) groups is 1. The fraction of sp³-hybridized carbons (Fsp3) is 0.594. The molecule has 0 N–H and O–H groups in total. The summed E-state index contributed by atoms with van der Waals surface area (Å²) in [5.74, 6) is 1.10. The van der Waals surface area contributed by atoms with E-state index in [1.165, 1.54) is 25.0 Å². The molecule has 0 radical (unpaired) electrons. The van der Waals surface area contributed by atoms with Crippen molar-refractivity contribution in [2.24, 2.45) is 11.3 Å². The van der Waals surface area contributed by atoms with Crippen LogP contribution in [-0.2, 0) is 16.0 Å². The first-order chi connectivity index (χ1) is 18.3. The number of likely N-dealkylation sites (tertiary alicyclic amines) is 1. The predicted molar refractivity (Wildman–Crippen MR) is 150 cm³/mol. The maximum atomic E-state index is 13.5. The number of piperidine rings is 1. The van der Waals surface area contributed by atoms with Crippen molar-refractivity contribution in [2.45, 2.75) is 78.2 Å². The van der Waals surface area contributed by atoms with Crippen molar-refractivity contribution in [3.8, 4) is 11.5 Å². The monoisotopic (exact) mass is 527 g/mol. The van der Waals surface area contributed by atoms with Crippen molar-refractivity contribution in [3.05, 3.63) is 59.4 Å². The van der Waals surface area contributed by atoms with Gasteiger partial charge < -0.3 is 19.1 Å². The van der Waals surface area contributed by atoms with E-state index in [9.17, 15) is 9.18 Å². The minimum Gasteiger partial charge on any atom is -0.493 e. The summed E-state index contributed by atoms with van der Waals surface area (Å²) in [7, 11) is 3.26. The van der Waals surface area contributed by atoms with E-state index in [-0.39, 0.29) is 17.7 Å². The standard InChI is InChI=1S/C32H46FNO4/c1-6-7-8-9-20-32(2,3)31(35)38-29(27-11-10-12-28(36-4)30(27)37-5)25-18-22-34(23-19-25)21-17-24-13-15-26(33)16-14-24/h10-16,25,29H,6-9,17-23H2,1-5H3/t29-/m1/s1. The number of carbonyl (C=O) groups excluding carboxylic acids is 1. The summed E-state index contributed by atoms with van der Waals surface area (Å²) in [6.07, 6.45) is 7.65. The Hall–Kier alpha value is -2.60. The summed E-state index contributed by atoms with van der Waals surface area (Å²) in [5, 5.41) is 0. The van der Waals surface area contributed by atoms with Gasteiger partial charge in [0, 0.05) is 18.0 Å². The van der Waals surface area contributed by atoms with Crippen molar-refractivity contribution in [2.75, 3.05) is 33.9 Å². The third kappa shape index (κ3) is 8.20. The topological polar surface area (TPSA) is 48.0 Å². The zero-order chi connectivity index (χ0) is 27.5. The molecular weight excluding hydrogens is 481 g/mol. The molecule has 0 aromatic heterocycles. The van der Waals surface area contributed by atoms with Crippen molar-refractivity contribution in [1.29, 1.82) is 0 Å². The summed E-state index contributed by atoms with van der Waals surface area (Å²) in [6.45, 7) is 8.97. The summed E-state index contributed by atoms with van der Waals surface area (Å²) < 4.78 is 30.9. The Balaban J connectivity index is 1.72. The van der Waals surface area contributed by atoms with E-state index < -0.39 is 11.5 Å². The fourth-order valence-electron chi connectivity index (χ4n) is 5.34. The lowest BCUT2D eigenvalue weighted by Gasteiger charge is -2.37. The number of halogens is 1. The molecule has 1 aliphatic rings. The van der Waals surface area contributed by atoms with Gasteiger partial charge in [-0.1, -0.05) is 56.9 Å². The molecule has 38 heavy (non-hydrogen) atoms. The Kier molecular flexibility index (Phi) is 11.4. The van der Waals surface area contributed by atoms with Gasteiger partial charge in [-0.2, -0.15) is 0 Å². The largest absolute Gasteiger partial charge is 0.493 e. The zero-order valence-electron chi connectivity index (χ0n) is 23.9. The van der Waals surface area contributed by atoms with Crippen LogP contribution in [0.3, 0.4) is 0 Å². The molecule has 6 heteroatoms. The molecular formula is C32H46FNO4. The highest BCUT2D eigenvalue weighted by atomic mass is 19.1. The van der Waals surface area contributed by atoms with Crippen molar-refractivity contribution in [1.82, 2.24) is 4.90 Å². The quantitative estimate of drug-likeness (QED) is 0.189. The van der Waals surface area contributed by atoms with Crippen molar-refractivity contribution < 1.29 is 23.4 Å². The summed E-state index contributed by atoms with van der Waals surface area (Å²) in [4.78, 5) is 16.0. The van der Waals surface area contributed by atoms with Crippen LogP contribution in [0.15, 0.2) is 42.5 Å². The number of rotatable bonds is 14. The highest BCUT2D eigenvalue weighted by Gasteiger charge is 2.37. The molecule has 0 spiro atoms. The Morgan fingerprint density at radius 2 is 1.74 bits per heavy atom. The number of nitrogens with zero attached hydrogens (tertiary/aromatic N) is 1. The molecule has 210 valence electrons. The molecule has 0 unspecified atom stereocenters. The van der Waals surface area contributed by atoms with Crippen LogP contribution in [0, 0.1) is 17.2 Å². The third-order valence-electron chi connectivity index (χ3n) is 7.87. The second-order valence-corrected chi connectivity index (χ2v) is 11.2. The lowest BCUT2D eigenvalue weighted by atomic mass is 9.84. The molecule has 1 atom stereocenters. The number of esters is 1. The van der Waals surface area contributed by atoms with E-state index in [0.717, 1.165) is 69.3 Å². The van der Waals surface area contributed by atoms with Gasteiger partial charge in [-0.25, -0.2) is 4.39 Å². The Morgan fingerprint density at radius 1 is 1.03 bits per heavy atom. The van der Waals surface area contributed by atoms with Crippen LogP contribution in [0.5, 0.6) is 11.5 Å². The number of benzene rings is 2. The number of para-hydroxylation sites is 1. The van der Waals surface area contributed by atoms with Gasteiger partial charge in [-0.3, -0.25) is 4.79 Å². The van der Waals surface area contributed by atoms with E-state index >= 15 is 0 Å². The molecule has 1 aliphatic heterocycles. The van der Waals surface area contributed by atoms with E-state index in [2.05, 4.69) is 11.8 Å². The predicted octanol–water partition coefficient (Wildman–Crippen LogP) is 7.38. The highest BCUT2D eigenvalue weighted by molar-refractivity contribution is 5.76. The molecule has 0 saturated carbocycles. The number of hydrogen-bond acceptors (Lipinski definition) is 5. The third-order valence-corrected chi connectivity index (χ3v) is 7.87. The van der Waals surface area contributed by atoms with E-state index in [1.54, 1.807) is 14.2 Å². The zero-order valence-corrected chi connectivity index (χ0v) is 23.9. The van der Waals surface area contributed by atoms with Crippen LogP contribution in [0.1, 0.15) is 82.9 Å². The summed E-state index contributed by atoms with van der Waals surface area (Å²) >= 11 is 0. The van der Waals surface area contributed by atoms with Gasteiger partial charge in [0.1, 0.15) is 11.9 Å². The van der Waals surface area contributed by atoms with Crippen LogP contribution in [0.25, 0.3) is 0 Å². The minimum absolute atomic E-state index is 0.150. The smallest absolute Gasteiger partial charge is 0.312 e. The fourth-order valence-corrected chi connectivity index (χ4v) is 5.34. The van der Waals surface area contributed by atoms with Gasteiger partial charge in [0.05, 0.1) is 19.6 Å². The maximum Gasteiger partial charge on any atom is 0.312 e. The molecule has 5 nitrogen and oxygen atoms in total. The highest BCUT2D eigenvalue weighted by Crippen LogP contribution is 2.43. The first kappa shape index (κ1) is 29.9. The molecule has 0 amide bonds. The summed E-state index contributed by atoms with van der Waals surface area (Å²) in [6, 6.07) is 12.6. The van der Waals surface area contributed by atoms with Gasteiger partial charge in [0.2, 0.25) is 0 Å². The molecule has 0 aliphatic carbocycles. The Bertz CT molecular complexity index is 999. The average Bonchev–Trinajstić information content (AvgIpc) is 2.93. The Labute approximate surface area is 228 Å². The number of unbranched alkanes of at least 4 members (excludes halogenated alkanes) is 3. The SMILES string of the molecule is CCCCCCC(C)(C)C(=O)O[C@@H](c1cccc(OC)c1OC)C1CCN(CCc2ccc(F)cc2)CC1. The van der Waals surface area contributed by atoms with Gasteiger partial charge in [-0.15, -0.1) is 0 Å². The van der Waals surface area contributed by atoms with Crippen LogP contribution in [0.2, 0.25) is 0 Å². The minimum atomic E-state index is -0.548. The first-order valence-electron chi connectivity index (χ1n) is 14.2.